The molecule has 0 radical (unpaired) electrons. The van der Waals surface area contributed by atoms with Crippen LogP contribution in [0.5, 0.6) is 0 Å². The number of hydrogen-bond acceptors (Lipinski definition) is 1. The van der Waals surface area contributed by atoms with E-state index in [0.717, 1.165) is 0 Å². The summed E-state index contributed by atoms with van der Waals surface area (Å²) in [5.41, 5.74) is 1.55. The maximum absolute atomic E-state index is 9.73. The standard InChI is InChI=1S/C11H20O/c1-7-6-10(12)9(3)11(4,5)8(7)2/h6,8-10,12H,1-5H3/t8-,9+,10-/m1/s1. The van der Waals surface area contributed by atoms with Gasteiger partial charge in [0.05, 0.1) is 6.10 Å². The Morgan fingerprint density at radius 2 is 1.83 bits per heavy atom. The van der Waals surface area contributed by atoms with Gasteiger partial charge in [-0.3, -0.25) is 0 Å². The van der Waals surface area contributed by atoms with Gasteiger partial charge in [0, 0.05) is 0 Å². The smallest absolute Gasteiger partial charge is 0.0754 e. The Morgan fingerprint density at radius 1 is 1.33 bits per heavy atom. The largest absolute Gasteiger partial charge is 0.389 e. The lowest BCUT2D eigenvalue weighted by Crippen LogP contribution is -2.40. The summed E-state index contributed by atoms with van der Waals surface area (Å²) in [4.78, 5) is 0. The highest BCUT2D eigenvalue weighted by molar-refractivity contribution is 5.16. The Bertz CT molecular complexity index is 203. The van der Waals surface area contributed by atoms with Crippen LogP contribution in [0.4, 0.5) is 0 Å². The molecule has 0 bridgehead atoms. The number of aliphatic hydroxyl groups excluding tert-OH is 1. The van der Waals surface area contributed by atoms with Gasteiger partial charge in [-0.2, -0.15) is 0 Å². The minimum Gasteiger partial charge on any atom is -0.389 e. The van der Waals surface area contributed by atoms with Crippen molar-refractivity contribution in [2.45, 2.75) is 40.7 Å². The van der Waals surface area contributed by atoms with Crippen LogP contribution in [-0.4, -0.2) is 11.2 Å². The first-order valence-corrected chi connectivity index (χ1v) is 4.73. The number of allylic oxidation sites excluding steroid dienone is 1. The van der Waals surface area contributed by atoms with E-state index < -0.39 is 0 Å². The van der Waals surface area contributed by atoms with E-state index in [2.05, 4.69) is 34.6 Å². The molecule has 0 aromatic heterocycles. The molecular formula is C11H20O. The van der Waals surface area contributed by atoms with Crippen molar-refractivity contribution in [3.8, 4) is 0 Å². The molecule has 0 heterocycles. The van der Waals surface area contributed by atoms with Gasteiger partial charge in [-0.25, -0.2) is 0 Å². The zero-order valence-corrected chi connectivity index (χ0v) is 8.76. The first-order chi connectivity index (χ1) is 5.37. The number of aliphatic hydroxyl groups is 1. The summed E-state index contributed by atoms with van der Waals surface area (Å²) < 4.78 is 0. The van der Waals surface area contributed by atoms with Crippen molar-refractivity contribution in [3.63, 3.8) is 0 Å². The first kappa shape index (κ1) is 9.79. The van der Waals surface area contributed by atoms with Crippen LogP contribution >= 0.6 is 0 Å². The fraction of sp³-hybridized carbons (Fsp3) is 0.818. The third kappa shape index (κ3) is 1.31. The summed E-state index contributed by atoms with van der Waals surface area (Å²) in [5, 5.41) is 9.73. The molecule has 1 aliphatic carbocycles. The molecule has 1 N–H and O–H groups in total. The Balaban J connectivity index is 3.00. The summed E-state index contributed by atoms with van der Waals surface area (Å²) >= 11 is 0. The SMILES string of the molecule is CC1=C[C@@H](O)[C@H](C)C(C)(C)[C@@H]1C. The van der Waals surface area contributed by atoms with Crippen LogP contribution in [0, 0.1) is 17.3 Å². The highest BCUT2D eigenvalue weighted by Gasteiger charge is 2.39. The van der Waals surface area contributed by atoms with Gasteiger partial charge in [0.15, 0.2) is 0 Å². The minimum atomic E-state index is -0.254. The quantitative estimate of drug-likeness (QED) is 0.551. The Labute approximate surface area is 75.5 Å². The van der Waals surface area contributed by atoms with Gasteiger partial charge < -0.3 is 5.11 Å². The van der Waals surface area contributed by atoms with Gasteiger partial charge in [0.25, 0.3) is 0 Å². The number of hydrogen-bond donors (Lipinski definition) is 1. The summed E-state index contributed by atoms with van der Waals surface area (Å²) in [6.45, 7) is 11.0. The molecule has 12 heavy (non-hydrogen) atoms. The Kier molecular flexibility index (Phi) is 2.35. The normalized spacial score (nSPS) is 40.8. The Morgan fingerprint density at radius 3 is 2.33 bits per heavy atom. The van der Waals surface area contributed by atoms with Crippen LogP contribution in [0.3, 0.4) is 0 Å². The maximum atomic E-state index is 9.73. The van der Waals surface area contributed by atoms with Crippen molar-refractivity contribution >= 4 is 0 Å². The molecule has 0 saturated carbocycles. The van der Waals surface area contributed by atoms with Gasteiger partial charge in [-0.05, 0) is 24.2 Å². The van der Waals surface area contributed by atoms with Crippen molar-refractivity contribution in [2.24, 2.45) is 17.3 Å². The average Bonchev–Trinajstić information content (AvgIpc) is 1.99. The van der Waals surface area contributed by atoms with Crippen LogP contribution < -0.4 is 0 Å². The van der Waals surface area contributed by atoms with E-state index in [1.54, 1.807) is 0 Å². The van der Waals surface area contributed by atoms with E-state index in [0.29, 0.717) is 11.8 Å². The molecule has 0 unspecified atom stereocenters. The van der Waals surface area contributed by atoms with Crippen LogP contribution in [0.1, 0.15) is 34.6 Å². The fourth-order valence-corrected chi connectivity index (χ4v) is 1.98. The van der Waals surface area contributed by atoms with Crippen molar-refractivity contribution in [1.29, 1.82) is 0 Å². The lowest BCUT2D eigenvalue weighted by Gasteiger charge is -2.43. The molecule has 1 heteroatoms. The monoisotopic (exact) mass is 168 g/mol. The van der Waals surface area contributed by atoms with Crippen LogP contribution in [0.15, 0.2) is 11.6 Å². The zero-order chi connectivity index (χ0) is 9.52. The third-order valence-electron chi connectivity index (χ3n) is 3.92. The van der Waals surface area contributed by atoms with E-state index in [1.807, 2.05) is 6.08 Å². The van der Waals surface area contributed by atoms with Crippen molar-refractivity contribution < 1.29 is 5.11 Å². The zero-order valence-electron chi connectivity index (χ0n) is 8.76. The predicted octanol–water partition coefficient (Wildman–Crippen LogP) is 2.61. The maximum Gasteiger partial charge on any atom is 0.0754 e. The van der Waals surface area contributed by atoms with E-state index >= 15 is 0 Å². The lowest BCUT2D eigenvalue weighted by atomic mass is 9.63. The molecule has 1 nitrogen and oxygen atoms in total. The van der Waals surface area contributed by atoms with Gasteiger partial charge in [0.2, 0.25) is 0 Å². The van der Waals surface area contributed by atoms with E-state index in [9.17, 15) is 5.11 Å². The number of rotatable bonds is 0. The molecule has 0 aromatic carbocycles. The van der Waals surface area contributed by atoms with Crippen LogP contribution in [-0.2, 0) is 0 Å². The molecule has 1 rings (SSSR count). The summed E-state index contributed by atoms with van der Waals surface area (Å²) in [5.74, 6) is 0.937. The van der Waals surface area contributed by atoms with Crippen molar-refractivity contribution in [1.82, 2.24) is 0 Å². The highest BCUT2D eigenvalue weighted by atomic mass is 16.3. The second-order valence-electron chi connectivity index (χ2n) is 4.73. The predicted molar refractivity (Wildman–Crippen MR) is 51.9 cm³/mol. The second kappa shape index (κ2) is 2.88. The fourth-order valence-electron chi connectivity index (χ4n) is 1.98. The van der Waals surface area contributed by atoms with Gasteiger partial charge in [0.1, 0.15) is 0 Å². The summed E-state index contributed by atoms with van der Waals surface area (Å²) in [7, 11) is 0. The van der Waals surface area contributed by atoms with Crippen LogP contribution in [0.2, 0.25) is 0 Å². The van der Waals surface area contributed by atoms with E-state index in [1.165, 1.54) is 5.57 Å². The van der Waals surface area contributed by atoms with Gasteiger partial charge in [-0.15, -0.1) is 0 Å². The molecular weight excluding hydrogens is 148 g/mol. The molecule has 0 saturated heterocycles. The summed E-state index contributed by atoms with van der Waals surface area (Å²) in [6.07, 6.45) is 1.75. The third-order valence-corrected chi connectivity index (χ3v) is 3.92. The Hall–Kier alpha value is -0.300. The second-order valence-corrected chi connectivity index (χ2v) is 4.73. The molecule has 0 aliphatic heterocycles. The van der Waals surface area contributed by atoms with E-state index in [-0.39, 0.29) is 11.5 Å². The van der Waals surface area contributed by atoms with Gasteiger partial charge >= 0.3 is 0 Å². The minimum absolute atomic E-state index is 0.220. The molecule has 0 fully saturated rings. The van der Waals surface area contributed by atoms with Crippen molar-refractivity contribution in [3.05, 3.63) is 11.6 Å². The van der Waals surface area contributed by atoms with E-state index in [4.69, 9.17) is 0 Å². The molecule has 0 aromatic rings. The molecule has 0 spiro atoms. The molecule has 0 amide bonds. The molecule has 1 aliphatic rings. The van der Waals surface area contributed by atoms with Crippen LogP contribution in [0.25, 0.3) is 0 Å². The lowest BCUT2D eigenvalue weighted by molar-refractivity contribution is 0.0373. The topological polar surface area (TPSA) is 20.2 Å². The highest BCUT2D eigenvalue weighted by Crippen LogP contribution is 2.44. The summed E-state index contributed by atoms with van der Waals surface area (Å²) in [6, 6.07) is 0. The van der Waals surface area contributed by atoms with Gasteiger partial charge in [-0.1, -0.05) is 39.3 Å². The average molecular weight is 168 g/mol. The van der Waals surface area contributed by atoms with Crippen molar-refractivity contribution in [2.75, 3.05) is 0 Å². The molecule has 3 atom stereocenters. The first-order valence-electron chi connectivity index (χ1n) is 4.73. The molecule has 70 valence electrons.